The molecule has 1 aromatic heterocycles. The summed E-state index contributed by atoms with van der Waals surface area (Å²) in [5, 5.41) is 0. The largest absolute Gasteiger partial charge is 0.335 e. The molecule has 0 atom stereocenters. The summed E-state index contributed by atoms with van der Waals surface area (Å²) in [6.07, 6.45) is 1.68. The van der Waals surface area contributed by atoms with Gasteiger partial charge in [-0.2, -0.15) is 0 Å². The first-order valence-electron chi connectivity index (χ1n) is 9.76. The number of rotatable bonds is 4. The molecular weight excluding hydrogens is 348 g/mol. The Balaban J connectivity index is 1.52. The van der Waals surface area contributed by atoms with Crippen LogP contribution in [0, 0.1) is 6.92 Å². The molecule has 5 nitrogen and oxygen atoms in total. The van der Waals surface area contributed by atoms with Crippen molar-refractivity contribution >= 4 is 5.91 Å². The minimum atomic E-state index is 0.0683. The highest BCUT2D eigenvalue weighted by Crippen LogP contribution is 2.29. The van der Waals surface area contributed by atoms with Crippen LogP contribution in [0.4, 0.5) is 0 Å². The van der Waals surface area contributed by atoms with Crippen LogP contribution in [-0.4, -0.2) is 51.4 Å². The zero-order valence-electron chi connectivity index (χ0n) is 16.5. The minimum absolute atomic E-state index is 0.0683. The van der Waals surface area contributed by atoms with Crippen LogP contribution < -0.4 is 0 Å². The average Bonchev–Trinajstić information content (AvgIpc) is 3.08. The zero-order valence-corrected chi connectivity index (χ0v) is 16.5. The third-order valence-corrected chi connectivity index (χ3v) is 5.64. The van der Waals surface area contributed by atoms with E-state index in [9.17, 15) is 4.79 Å². The molecule has 4 rings (SSSR count). The molecule has 0 radical (unpaired) electrons. The number of aryl methyl sites for hydroxylation is 1. The molecule has 5 heteroatoms. The molecule has 0 saturated carbocycles. The van der Waals surface area contributed by atoms with Gasteiger partial charge in [0.05, 0.1) is 12.2 Å². The van der Waals surface area contributed by atoms with Gasteiger partial charge in [0.2, 0.25) is 0 Å². The number of imidazole rings is 1. The lowest BCUT2D eigenvalue weighted by molar-refractivity contribution is 0.0588. The molecule has 3 aromatic rings. The van der Waals surface area contributed by atoms with Gasteiger partial charge in [0, 0.05) is 33.2 Å². The number of nitrogens with zero attached hydrogens (tertiary/aromatic N) is 4. The van der Waals surface area contributed by atoms with Crippen LogP contribution in [0.15, 0.2) is 66.9 Å². The van der Waals surface area contributed by atoms with Crippen LogP contribution in [0.1, 0.15) is 33.5 Å². The standard InChI is InChI=1S/C23H26N4O/c1-18-24-17-21(25(18)2)23(28)27-15-13-26(14-16-27)22(19-9-5-3-6-10-19)20-11-7-4-8-12-20/h3-12,17,22H,13-16H2,1-2H3. The second-order valence-corrected chi connectivity index (χ2v) is 7.30. The van der Waals surface area contributed by atoms with Crippen molar-refractivity contribution in [2.75, 3.05) is 26.2 Å². The zero-order chi connectivity index (χ0) is 19.5. The fourth-order valence-corrected chi connectivity index (χ4v) is 3.93. The van der Waals surface area contributed by atoms with E-state index in [-0.39, 0.29) is 11.9 Å². The van der Waals surface area contributed by atoms with E-state index in [4.69, 9.17) is 0 Å². The molecule has 0 aliphatic carbocycles. The number of benzene rings is 2. The topological polar surface area (TPSA) is 41.4 Å². The average molecular weight is 374 g/mol. The number of hydrogen-bond acceptors (Lipinski definition) is 3. The predicted molar refractivity (Wildman–Crippen MR) is 110 cm³/mol. The van der Waals surface area contributed by atoms with Gasteiger partial charge in [0.15, 0.2) is 0 Å². The molecule has 0 unspecified atom stereocenters. The van der Waals surface area contributed by atoms with E-state index < -0.39 is 0 Å². The van der Waals surface area contributed by atoms with Gasteiger partial charge < -0.3 is 9.47 Å². The molecule has 1 aliphatic heterocycles. The molecule has 1 saturated heterocycles. The Bertz CT molecular complexity index is 888. The van der Waals surface area contributed by atoms with Gasteiger partial charge in [-0.15, -0.1) is 0 Å². The summed E-state index contributed by atoms with van der Waals surface area (Å²) >= 11 is 0. The lowest BCUT2D eigenvalue weighted by Gasteiger charge is -2.39. The second-order valence-electron chi connectivity index (χ2n) is 7.30. The monoisotopic (exact) mass is 374 g/mol. The molecule has 0 bridgehead atoms. The fourth-order valence-electron chi connectivity index (χ4n) is 3.93. The quantitative estimate of drug-likeness (QED) is 0.704. The van der Waals surface area contributed by atoms with E-state index >= 15 is 0 Å². The third-order valence-electron chi connectivity index (χ3n) is 5.64. The van der Waals surface area contributed by atoms with E-state index in [2.05, 4.69) is 70.5 Å². The van der Waals surface area contributed by atoms with Gasteiger partial charge in [0.25, 0.3) is 5.91 Å². The number of carbonyl (C=O) groups excluding carboxylic acids is 1. The molecule has 1 amide bonds. The molecule has 2 aromatic carbocycles. The molecule has 0 N–H and O–H groups in total. The summed E-state index contributed by atoms with van der Waals surface area (Å²) in [5.74, 6) is 0.925. The number of piperazine rings is 1. The minimum Gasteiger partial charge on any atom is -0.335 e. The molecule has 28 heavy (non-hydrogen) atoms. The summed E-state index contributed by atoms with van der Waals surface area (Å²) in [7, 11) is 1.90. The van der Waals surface area contributed by atoms with E-state index in [1.807, 2.05) is 23.4 Å². The van der Waals surface area contributed by atoms with E-state index in [0.29, 0.717) is 5.69 Å². The highest BCUT2D eigenvalue weighted by atomic mass is 16.2. The highest BCUT2D eigenvalue weighted by Gasteiger charge is 2.29. The van der Waals surface area contributed by atoms with Crippen molar-refractivity contribution in [3.8, 4) is 0 Å². The van der Waals surface area contributed by atoms with Crippen molar-refractivity contribution < 1.29 is 4.79 Å². The Kier molecular flexibility index (Phi) is 5.26. The summed E-state index contributed by atoms with van der Waals surface area (Å²) in [4.78, 5) is 21.6. The van der Waals surface area contributed by atoms with Gasteiger partial charge in [-0.25, -0.2) is 4.98 Å². The maximum atomic E-state index is 12.9. The van der Waals surface area contributed by atoms with Crippen LogP contribution in [0.3, 0.4) is 0 Å². The van der Waals surface area contributed by atoms with E-state index in [1.165, 1.54) is 11.1 Å². The van der Waals surface area contributed by atoms with Crippen LogP contribution >= 0.6 is 0 Å². The molecule has 1 aliphatic rings. The molecule has 144 valence electrons. The Morgan fingerprint density at radius 2 is 1.43 bits per heavy atom. The van der Waals surface area contributed by atoms with Crippen molar-refractivity contribution in [3.05, 3.63) is 89.5 Å². The van der Waals surface area contributed by atoms with Crippen LogP contribution in [0.5, 0.6) is 0 Å². The molecular formula is C23H26N4O. The normalized spacial score (nSPS) is 15.2. The third kappa shape index (κ3) is 3.58. The first-order chi connectivity index (χ1) is 13.6. The number of hydrogen-bond donors (Lipinski definition) is 0. The molecule has 1 fully saturated rings. The van der Waals surface area contributed by atoms with Crippen LogP contribution in [0.25, 0.3) is 0 Å². The predicted octanol–water partition coefficient (Wildman–Crippen LogP) is 3.28. The van der Waals surface area contributed by atoms with Gasteiger partial charge in [-0.05, 0) is 18.1 Å². The lowest BCUT2D eigenvalue weighted by Crippen LogP contribution is -2.50. The maximum Gasteiger partial charge on any atom is 0.272 e. The lowest BCUT2D eigenvalue weighted by atomic mass is 9.96. The first kappa shape index (κ1) is 18.4. The SMILES string of the molecule is Cc1ncc(C(=O)N2CCN(C(c3ccccc3)c3ccccc3)CC2)n1C. The van der Waals surface area contributed by atoms with Crippen molar-refractivity contribution in [3.63, 3.8) is 0 Å². The van der Waals surface area contributed by atoms with Crippen molar-refractivity contribution in [1.29, 1.82) is 0 Å². The summed E-state index contributed by atoms with van der Waals surface area (Å²) in [5.41, 5.74) is 3.24. The fraction of sp³-hybridized carbons (Fsp3) is 0.304. The Labute approximate surface area is 166 Å². The number of aromatic nitrogens is 2. The first-order valence-corrected chi connectivity index (χ1v) is 9.76. The van der Waals surface area contributed by atoms with Gasteiger partial charge in [-0.3, -0.25) is 9.69 Å². The highest BCUT2D eigenvalue weighted by molar-refractivity contribution is 5.92. The summed E-state index contributed by atoms with van der Waals surface area (Å²) < 4.78 is 1.87. The summed E-state index contributed by atoms with van der Waals surface area (Å²) in [6.45, 7) is 5.05. The van der Waals surface area contributed by atoms with Crippen molar-refractivity contribution in [2.24, 2.45) is 7.05 Å². The van der Waals surface area contributed by atoms with Gasteiger partial charge >= 0.3 is 0 Å². The van der Waals surface area contributed by atoms with E-state index in [1.54, 1.807) is 6.20 Å². The van der Waals surface area contributed by atoms with Crippen molar-refractivity contribution in [2.45, 2.75) is 13.0 Å². The van der Waals surface area contributed by atoms with Crippen LogP contribution in [0.2, 0.25) is 0 Å². The Morgan fingerprint density at radius 1 is 0.893 bits per heavy atom. The molecule has 2 heterocycles. The smallest absolute Gasteiger partial charge is 0.272 e. The summed E-state index contributed by atoms with van der Waals surface area (Å²) in [6, 6.07) is 21.4. The van der Waals surface area contributed by atoms with Crippen LogP contribution in [-0.2, 0) is 7.05 Å². The number of amides is 1. The van der Waals surface area contributed by atoms with Gasteiger partial charge in [0.1, 0.15) is 11.5 Å². The number of carbonyl (C=O) groups is 1. The molecule has 0 spiro atoms. The second kappa shape index (κ2) is 7.98. The van der Waals surface area contributed by atoms with Gasteiger partial charge in [-0.1, -0.05) is 60.7 Å². The maximum absolute atomic E-state index is 12.9. The Hall–Kier alpha value is -2.92. The van der Waals surface area contributed by atoms with E-state index in [0.717, 1.165) is 32.0 Å². The van der Waals surface area contributed by atoms with Crippen molar-refractivity contribution in [1.82, 2.24) is 19.4 Å². The Morgan fingerprint density at radius 3 is 1.89 bits per heavy atom.